The van der Waals surface area contributed by atoms with Gasteiger partial charge in [-0.15, -0.1) is 11.5 Å². The molecule has 1 amide bonds. The number of anilines is 1. The van der Waals surface area contributed by atoms with Crippen molar-refractivity contribution in [2.24, 2.45) is 0 Å². The smallest absolute Gasteiger partial charge is 0.280 e. The summed E-state index contributed by atoms with van der Waals surface area (Å²) in [7, 11) is 0. The normalized spacial score (nSPS) is 9.78. The second kappa shape index (κ2) is 5.38. The minimum atomic E-state index is -0.229. The highest BCUT2D eigenvalue weighted by molar-refractivity contribution is 7.03. The van der Waals surface area contributed by atoms with E-state index in [2.05, 4.69) is 20.5 Å². The molecule has 0 atom stereocenters. The van der Waals surface area contributed by atoms with Crippen LogP contribution in [0.1, 0.15) is 23.0 Å². The van der Waals surface area contributed by atoms with Crippen molar-refractivity contribution in [3.8, 4) is 12.3 Å². The Hall–Kier alpha value is -2.26. The molecule has 0 saturated heterocycles. The minimum Gasteiger partial charge on any atom is -0.292 e. The van der Waals surface area contributed by atoms with Gasteiger partial charge in [0, 0.05) is 23.7 Å². The zero-order valence-corrected chi connectivity index (χ0v) is 10.5. The molecule has 0 aliphatic rings. The fourth-order valence-corrected chi connectivity index (χ4v) is 1.89. The molecule has 0 aromatic carbocycles. The van der Waals surface area contributed by atoms with Crippen LogP contribution in [0.25, 0.3) is 0 Å². The third-order valence-electron chi connectivity index (χ3n) is 2.33. The SMILES string of the molecule is C#Cc1ccnc(N(CC)C(=O)c2csnn2)c1. The fraction of sp³-hybridized carbons (Fsp3) is 0.167. The fourth-order valence-electron chi connectivity index (χ4n) is 1.46. The summed E-state index contributed by atoms with van der Waals surface area (Å²) in [6, 6.07) is 3.41. The van der Waals surface area contributed by atoms with E-state index in [0.717, 1.165) is 11.5 Å². The van der Waals surface area contributed by atoms with Gasteiger partial charge >= 0.3 is 0 Å². The van der Waals surface area contributed by atoms with Gasteiger partial charge in [-0.2, -0.15) is 0 Å². The number of aromatic nitrogens is 3. The van der Waals surface area contributed by atoms with Crippen LogP contribution < -0.4 is 4.90 Å². The molecule has 2 heterocycles. The van der Waals surface area contributed by atoms with Crippen LogP contribution in [0.4, 0.5) is 5.82 Å². The zero-order chi connectivity index (χ0) is 13.0. The number of carbonyl (C=O) groups is 1. The molecule has 90 valence electrons. The summed E-state index contributed by atoms with van der Waals surface area (Å²) in [5, 5.41) is 5.37. The Morgan fingerprint density at radius 1 is 1.61 bits per heavy atom. The highest BCUT2D eigenvalue weighted by atomic mass is 32.1. The van der Waals surface area contributed by atoms with Crippen molar-refractivity contribution in [1.82, 2.24) is 14.6 Å². The molecule has 0 spiro atoms. The van der Waals surface area contributed by atoms with Crippen molar-refractivity contribution < 1.29 is 4.79 Å². The molecule has 0 radical (unpaired) electrons. The number of amides is 1. The maximum Gasteiger partial charge on any atom is 0.280 e. The first-order valence-electron chi connectivity index (χ1n) is 5.28. The van der Waals surface area contributed by atoms with Gasteiger partial charge in [-0.1, -0.05) is 10.4 Å². The van der Waals surface area contributed by atoms with Crippen LogP contribution in [0.3, 0.4) is 0 Å². The van der Waals surface area contributed by atoms with E-state index < -0.39 is 0 Å². The summed E-state index contributed by atoms with van der Waals surface area (Å²) in [5.74, 6) is 2.81. The van der Waals surface area contributed by atoms with Gasteiger partial charge in [0.2, 0.25) is 0 Å². The van der Waals surface area contributed by atoms with E-state index in [9.17, 15) is 4.79 Å². The van der Waals surface area contributed by atoms with Crippen LogP contribution >= 0.6 is 11.5 Å². The number of pyridine rings is 1. The van der Waals surface area contributed by atoms with Gasteiger partial charge in [0.05, 0.1) is 0 Å². The molecule has 0 fully saturated rings. The Bertz CT molecular complexity index is 588. The lowest BCUT2D eigenvalue weighted by Gasteiger charge is -2.18. The summed E-state index contributed by atoms with van der Waals surface area (Å²) in [5.41, 5.74) is 0.998. The van der Waals surface area contributed by atoms with E-state index in [1.807, 2.05) is 6.92 Å². The highest BCUT2D eigenvalue weighted by Crippen LogP contribution is 2.15. The van der Waals surface area contributed by atoms with Crippen LogP contribution in [0, 0.1) is 12.3 Å². The first kappa shape index (κ1) is 12.2. The van der Waals surface area contributed by atoms with Gasteiger partial charge in [0.1, 0.15) is 5.82 Å². The zero-order valence-electron chi connectivity index (χ0n) is 9.70. The van der Waals surface area contributed by atoms with Gasteiger partial charge in [-0.25, -0.2) is 4.98 Å². The minimum absolute atomic E-state index is 0.229. The van der Waals surface area contributed by atoms with Crippen molar-refractivity contribution in [1.29, 1.82) is 0 Å². The second-order valence-electron chi connectivity index (χ2n) is 3.39. The number of hydrogen-bond acceptors (Lipinski definition) is 5. The average molecular weight is 258 g/mol. The van der Waals surface area contributed by atoms with Crippen LogP contribution in [0.5, 0.6) is 0 Å². The lowest BCUT2D eigenvalue weighted by molar-refractivity contribution is 0.0983. The molecule has 0 aliphatic heterocycles. The summed E-state index contributed by atoms with van der Waals surface area (Å²) < 4.78 is 3.68. The molecule has 6 heteroatoms. The van der Waals surface area contributed by atoms with Crippen molar-refractivity contribution in [2.75, 3.05) is 11.4 Å². The predicted octanol–water partition coefficient (Wildman–Crippen LogP) is 1.58. The summed E-state index contributed by atoms with van der Waals surface area (Å²) in [6.07, 6.45) is 6.91. The first-order chi connectivity index (χ1) is 8.76. The van der Waals surface area contributed by atoms with E-state index in [1.165, 1.54) is 4.90 Å². The molecule has 2 aromatic heterocycles. The number of carbonyl (C=O) groups excluding carboxylic acids is 1. The standard InChI is InChI=1S/C12H10N4OS/c1-3-9-5-6-13-11(7-9)16(4-2)12(17)10-8-18-15-14-10/h1,5-8H,4H2,2H3. The van der Waals surface area contributed by atoms with Gasteiger partial charge in [-0.3, -0.25) is 9.69 Å². The number of terminal acetylenes is 1. The topological polar surface area (TPSA) is 59.0 Å². The molecule has 0 saturated carbocycles. The lowest BCUT2D eigenvalue weighted by atomic mass is 10.2. The van der Waals surface area contributed by atoms with Gasteiger partial charge < -0.3 is 0 Å². The van der Waals surface area contributed by atoms with Crippen LogP contribution in [-0.4, -0.2) is 27.0 Å². The van der Waals surface area contributed by atoms with Crippen molar-refractivity contribution in [3.63, 3.8) is 0 Å². The summed E-state index contributed by atoms with van der Waals surface area (Å²) in [6.45, 7) is 2.35. The molecule has 2 aromatic rings. The highest BCUT2D eigenvalue weighted by Gasteiger charge is 2.19. The molecular formula is C12H10N4OS. The molecule has 18 heavy (non-hydrogen) atoms. The Morgan fingerprint density at radius 2 is 2.44 bits per heavy atom. The molecule has 0 aliphatic carbocycles. The molecule has 0 bridgehead atoms. The third kappa shape index (κ3) is 2.36. The maximum absolute atomic E-state index is 12.2. The number of rotatable bonds is 3. The number of nitrogens with zero attached hydrogens (tertiary/aromatic N) is 4. The van der Waals surface area contributed by atoms with E-state index in [0.29, 0.717) is 23.6 Å². The van der Waals surface area contributed by atoms with E-state index in [-0.39, 0.29) is 5.91 Å². The van der Waals surface area contributed by atoms with Crippen molar-refractivity contribution in [3.05, 3.63) is 35.0 Å². The van der Waals surface area contributed by atoms with Gasteiger partial charge in [-0.05, 0) is 30.6 Å². The second-order valence-corrected chi connectivity index (χ2v) is 4.00. The van der Waals surface area contributed by atoms with Crippen molar-refractivity contribution >= 4 is 23.3 Å². The van der Waals surface area contributed by atoms with Crippen LogP contribution in [0.15, 0.2) is 23.7 Å². The molecule has 0 N–H and O–H groups in total. The number of hydrogen-bond donors (Lipinski definition) is 0. The predicted molar refractivity (Wildman–Crippen MR) is 69.4 cm³/mol. The Balaban J connectivity index is 2.34. The Morgan fingerprint density at radius 3 is 3.06 bits per heavy atom. The quantitative estimate of drug-likeness (QED) is 0.784. The first-order valence-corrected chi connectivity index (χ1v) is 6.11. The van der Waals surface area contributed by atoms with Crippen LogP contribution in [0.2, 0.25) is 0 Å². The molecule has 2 rings (SSSR count). The molecular weight excluding hydrogens is 248 g/mol. The maximum atomic E-state index is 12.2. The summed E-state index contributed by atoms with van der Waals surface area (Å²) in [4.78, 5) is 17.8. The lowest BCUT2D eigenvalue weighted by Crippen LogP contribution is -2.31. The van der Waals surface area contributed by atoms with E-state index in [1.54, 1.807) is 23.7 Å². The average Bonchev–Trinajstić information content (AvgIpc) is 2.93. The largest absolute Gasteiger partial charge is 0.292 e. The molecule has 5 nitrogen and oxygen atoms in total. The monoisotopic (exact) mass is 258 g/mol. The van der Waals surface area contributed by atoms with Gasteiger partial charge in [0.15, 0.2) is 5.69 Å². The molecule has 0 unspecified atom stereocenters. The third-order valence-corrected chi connectivity index (χ3v) is 2.83. The van der Waals surface area contributed by atoms with E-state index >= 15 is 0 Å². The van der Waals surface area contributed by atoms with Crippen LogP contribution in [-0.2, 0) is 0 Å². The van der Waals surface area contributed by atoms with E-state index in [4.69, 9.17) is 6.42 Å². The summed E-state index contributed by atoms with van der Waals surface area (Å²) >= 11 is 1.14. The van der Waals surface area contributed by atoms with Gasteiger partial charge in [0.25, 0.3) is 5.91 Å². The van der Waals surface area contributed by atoms with Crippen molar-refractivity contribution in [2.45, 2.75) is 6.92 Å². The Kier molecular flexibility index (Phi) is 3.65. The Labute approximate surface area is 109 Å².